The van der Waals surface area contributed by atoms with E-state index < -0.39 is 6.10 Å². The average molecular weight is 250 g/mol. The van der Waals surface area contributed by atoms with Gasteiger partial charge in [0, 0.05) is 0 Å². The van der Waals surface area contributed by atoms with Gasteiger partial charge in [0.2, 0.25) is 0 Å². The van der Waals surface area contributed by atoms with Gasteiger partial charge in [0.1, 0.15) is 5.82 Å². The minimum atomic E-state index is -0.450. The molecule has 0 bridgehead atoms. The van der Waals surface area contributed by atoms with Crippen LogP contribution in [-0.4, -0.2) is 5.11 Å². The van der Waals surface area contributed by atoms with Gasteiger partial charge in [0.15, 0.2) is 0 Å². The van der Waals surface area contributed by atoms with Crippen LogP contribution < -0.4 is 0 Å². The van der Waals surface area contributed by atoms with E-state index >= 15 is 0 Å². The number of aryl methyl sites for hydroxylation is 1. The molecule has 0 radical (unpaired) electrons. The SMILES string of the molecule is Cc1cc(C(O)C2CC(C)CC(C)C2)ccc1F. The molecule has 0 aliphatic heterocycles. The molecular formula is C16H23FO. The van der Waals surface area contributed by atoms with E-state index in [4.69, 9.17) is 0 Å². The van der Waals surface area contributed by atoms with E-state index in [1.54, 1.807) is 19.1 Å². The zero-order valence-corrected chi connectivity index (χ0v) is 11.5. The summed E-state index contributed by atoms with van der Waals surface area (Å²) in [7, 11) is 0. The summed E-state index contributed by atoms with van der Waals surface area (Å²) in [5.74, 6) is 1.47. The molecule has 0 aromatic heterocycles. The van der Waals surface area contributed by atoms with Gasteiger partial charge in [-0.05, 0) is 61.1 Å². The number of hydrogen-bond donors (Lipinski definition) is 1. The summed E-state index contributed by atoms with van der Waals surface area (Å²) in [6.07, 6.45) is 2.95. The Bertz CT molecular complexity index is 406. The van der Waals surface area contributed by atoms with Crippen molar-refractivity contribution < 1.29 is 9.50 Å². The van der Waals surface area contributed by atoms with Crippen molar-refractivity contribution >= 4 is 0 Å². The first kappa shape index (κ1) is 13.5. The summed E-state index contributed by atoms with van der Waals surface area (Å²) in [5, 5.41) is 10.5. The van der Waals surface area contributed by atoms with Gasteiger partial charge in [-0.25, -0.2) is 4.39 Å². The summed E-state index contributed by atoms with van der Waals surface area (Å²) < 4.78 is 13.2. The Labute approximate surface area is 109 Å². The Morgan fingerprint density at radius 2 is 1.78 bits per heavy atom. The molecule has 1 N–H and O–H groups in total. The highest BCUT2D eigenvalue weighted by atomic mass is 19.1. The van der Waals surface area contributed by atoms with Gasteiger partial charge in [-0.15, -0.1) is 0 Å². The number of aliphatic hydroxyl groups is 1. The standard InChI is InChI=1S/C16H23FO/c1-10-6-11(2)8-14(7-10)16(18)13-4-5-15(17)12(3)9-13/h4-5,9-11,14,16,18H,6-8H2,1-3H3. The van der Waals surface area contributed by atoms with Crippen LogP contribution in [0.2, 0.25) is 0 Å². The number of rotatable bonds is 2. The predicted octanol–water partition coefficient (Wildman–Crippen LogP) is 4.24. The van der Waals surface area contributed by atoms with Crippen LogP contribution in [-0.2, 0) is 0 Å². The predicted molar refractivity (Wildman–Crippen MR) is 71.8 cm³/mol. The fourth-order valence-electron chi connectivity index (χ4n) is 3.39. The molecule has 1 aliphatic rings. The van der Waals surface area contributed by atoms with Crippen molar-refractivity contribution in [3.8, 4) is 0 Å². The minimum absolute atomic E-state index is 0.198. The van der Waals surface area contributed by atoms with Crippen molar-refractivity contribution in [2.24, 2.45) is 17.8 Å². The Balaban J connectivity index is 2.14. The maximum Gasteiger partial charge on any atom is 0.126 e. The molecule has 2 rings (SSSR count). The number of halogens is 1. The minimum Gasteiger partial charge on any atom is -0.388 e. The largest absolute Gasteiger partial charge is 0.388 e. The number of aliphatic hydroxyl groups excluding tert-OH is 1. The molecule has 1 aliphatic carbocycles. The third-order valence-electron chi connectivity index (χ3n) is 4.19. The summed E-state index contributed by atoms with van der Waals surface area (Å²) in [6.45, 7) is 6.26. The first-order valence-electron chi connectivity index (χ1n) is 6.91. The molecule has 3 atom stereocenters. The van der Waals surface area contributed by atoms with Crippen molar-refractivity contribution in [1.29, 1.82) is 0 Å². The number of hydrogen-bond acceptors (Lipinski definition) is 1. The number of benzene rings is 1. The average Bonchev–Trinajstić information content (AvgIpc) is 2.30. The normalized spacial score (nSPS) is 30.2. The van der Waals surface area contributed by atoms with E-state index in [-0.39, 0.29) is 5.82 Å². The van der Waals surface area contributed by atoms with E-state index in [0.29, 0.717) is 23.3 Å². The van der Waals surface area contributed by atoms with Gasteiger partial charge >= 0.3 is 0 Å². The molecule has 0 spiro atoms. The third-order valence-corrected chi connectivity index (χ3v) is 4.19. The quantitative estimate of drug-likeness (QED) is 0.832. The molecule has 0 heterocycles. The molecule has 0 amide bonds. The smallest absolute Gasteiger partial charge is 0.126 e. The Morgan fingerprint density at radius 1 is 1.17 bits per heavy atom. The molecule has 3 unspecified atom stereocenters. The van der Waals surface area contributed by atoms with Gasteiger partial charge in [-0.2, -0.15) is 0 Å². The maximum atomic E-state index is 13.2. The van der Waals surface area contributed by atoms with Crippen molar-refractivity contribution in [3.63, 3.8) is 0 Å². The van der Waals surface area contributed by atoms with Crippen molar-refractivity contribution in [2.45, 2.75) is 46.1 Å². The van der Waals surface area contributed by atoms with Gasteiger partial charge in [0.25, 0.3) is 0 Å². The van der Waals surface area contributed by atoms with Gasteiger partial charge in [-0.1, -0.05) is 26.0 Å². The summed E-state index contributed by atoms with van der Waals surface area (Å²) in [5.41, 5.74) is 1.48. The van der Waals surface area contributed by atoms with Crippen molar-refractivity contribution in [1.82, 2.24) is 0 Å². The van der Waals surface area contributed by atoms with Crippen molar-refractivity contribution in [2.75, 3.05) is 0 Å². The van der Waals surface area contributed by atoms with Crippen LogP contribution in [0.25, 0.3) is 0 Å². The summed E-state index contributed by atoms with van der Waals surface area (Å²) in [6, 6.07) is 4.96. The van der Waals surface area contributed by atoms with Crippen LogP contribution in [0.1, 0.15) is 50.3 Å². The molecule has 1 nitrogen and oxygen atoms in total. The van der Waals surface area contributed by atoms with Crippen LogP contribution in [0.5, 0.6) is 0 Å². The fourth-order valence-corrected chi connectivity index (χ4v) is 3.39. The molecule has 1 saturated carbocycles. The fraction of sp³-hybridized carbons (Fsp3) is 0.625. The Hall–Kier alpha value is -0.890. The molecule has 0 saturated heterocycles. The van der Waals surface area contributed by atoms with E-state index in [1.165, 1.54) is 12.5 Å². The van der Waals surface area contributed by atoms with Gasteiger partial charge in [0.05, 0.1) is 6.10 Å². The first-order valence-corrected chi connectivity index (χ1v) is 6.91. The molecule has 1 fully saturated rings. The summed E-state index contributed by atoms with van der Waals surface area (Å²) in [4.78, 5) is 0. The highest BCUT2D eigenvalue weighted by Crippen LogP contribution is 2.39. The molecule has 18 heavy (non-hydrogen) atoms. The van der Waals surface area contributed by atoms with E-state index in [1.807, 2.05) is 0 Å². The second-order valence-corrected chi connectivity index (χ2v) is 6.13. The first-order chi connectivity index (χ1) is 8.47. The molecule has 2 heteroatoms. The second-order valence-electron chi connectivity index (χ2n) is 6.13. The topological polar surface area (TPSA) is 20.2 Å². The lowest BCUT2D eigenvalue weighted by Gasteiger charge is -2.34. The highest BCUT2D eigenvalue weighted by molar-refractivity contribution is 5.26. The van der Waals surface area contributed by atoms with Crippen LogP contribution >= 0.6 is 0 Å². The van der Waals surface area contributed by atoms with Crippen LogP contribution in [0.15, 0.2) is 18.2 Å². The summed E-state index contributed by atoms with van der Waals surface area (Å²) >= 11 is 0. The van der Waals surface area contributed by atoms with Crippen LogP contribution in [0.4, 0.5) is 4.39 Å². The van der Waals surface area contributed by atoms with E-state index in [9.17, 15) is 9.50 Å². The lowest BCUT2D eigenvalue weighted by Crippen LogP contribution is -2.24. The molecule has 1 aromatic rings. The van der Waals surface area contributed by atoms with Gasteiger partial charge in [-0.3, -0.25) is 0 Å². The van der Waals surface area contributed by atoms with Gasteiger partial charge < -0.3 is 5.11 Å². The lowest BCUT2D eigenvalue weighted by atomic mass is 9.73. The van der Waals surface area contributed by atoms with Crippen LogP contribution in [0, 0.1) is 30.5 Å². The molecular weight excluding hydrogens is 227 g/mol. The Kier molecular flexibility index (Phi) is 4.06. The maximum absolute atomic E-state index is 13.2. The van der Waals surface area contributed by atoms with E-state index in [0.717, 1.165) is 18.4 Å². The lowest BCUT2D eigenvalue weighted by molar-refractivity contribution is 0.0551. The zero-order chi connectivity index (χ0) is 13.3. The highest BCUT2D eigenvalue weighted by Gasteiger charge is 2.29. The second kappa shape index (κ2) is 5.40. The monoisotopic (exact) mass is 250 g/mol. The van der Waals surface area contributed by atoms with Crippen LogP contribution in [0.3, 0.4) is 0 Å². The third kappa shape index (κ3) is 2.92. The van der Waals surface area contributed by atoms with E-state index in [2.05, 4.69) is 13.8 Å². The zero-order valence-electron chi connectivity index (χ0n) is 11.5. The Morgan fingerprint density at radius 3 is 2.33 bits per heavy atom. The molecule has 1 aromatic carbocycles. The van der Waals surface area contributed by atoms with Crippen molar-refractivity contribution in [3.05, 3.63) is 35.1 Å². The molecule has 100 valence electrons.